The first-order valence-electron chi connectivity index (χ1n) is 10.8. The third-order valence-electron chi connectivity index (χ3n) is 5.68. The number of carbonyl (C=O) groups is 1. The van der Waals surface area contributed by atoms with Crippen molar-refractivity contribution in [3.63, 3.8) is 0 Å². The van der Waals surface area contributed by atoms with Gasteiger partial charge >= 0.3 is 0 Å². The smallest absolute Gasteiger partial charge is 0.227 e. The molecule has 0 spiro atoms. The van der Waals surface area contributed by atoms with Crippen molar-refractivity contribution in [1.82, 2.24) is 15.5 Å². The molecule has 0 aliphatic carbocycles. The Bertz CT molecular complexity index is 649. The van der Waals surface area contributed by atoms with Crippen LogP contribution in [0.1, 0.15) is 45.1 Å². The fraction of sp³-hybridized carbons (Fsp3) is 0.636. The summed E-state index contributed by atoms with van der Waals surface area (Å²) in [6.07, 6.45) is 4.25. The lowest BCUT2D eigenvalue weighted by atomic mass is 9.99. The summed E-state index contributed by atoms with van der Waals surface area (Å²) in [5.41, 5.74) is 2.15. The van der Waals surface area contributed by atoms with Gasteiger partial charge in [0.25, 0.3) is 0 Å². The van der Waals surface area contributed by atoms with Gasteiger partial charge in [-0.05, 0) is 62.9 Å². The van der Waals surface area contributed by atoms with Gasteiger partial charge in [-0.3, -0.25) is 4.79 Å². The van der Waals surface area contributed by atoms with E-state index in [4.69, 9.17) is 4.99 Å². The molecule has 0 unspecified atom stereocenters. The van der Waals surface area contributed by atoms with E-state index in [1.165, 1.54) is 25.9 Å². The summed E-state index contributed by atoms with van der Waals surface area (Å²) in [5.74, 6) is 1.97. The van der Waals surface area contributed by atoms with Gasteiger partial charge in [-0.2, -0.15) is 0 Å². The third-order valence-corrected chi connectivity index (χ3v) is 5.68. The molecule has 3 rings (SSSR count). The van der Waals surface area contributed by atoms with Gasteiger partial charge in [0.15, 0.2) is 5.96 Å². The SMILES string of the molecule is CCNC(=NCc1ccc(N2CCCC2=O)cc1)NCCN1CCC(C)CC1. The van der Waals surface area contributed by atoms with Crippen LogP contribution in [-0.4, -0.2) is 56.0 Å². The van der Waals surface area contributed by atoms with Gasteiger partial charge in [-0.1, -0.05) is 19.1 Å². The van der Waals surface area contributed by atoms with E-state index in [2.05, 4.69) is 41.5 Å². The number of rotatable bonds is 7. The minimum Gasteiger partial charge on any atom is -0.357 e. The first kappa shape index (κ1) is 20.6. The number of hydrogen-bond acceptors (Lipinski definition) is 3. The number of likely N-dealkylation sites (tertiary alicyclic amines) is 1. The van der Waals surface area contributed by atoms with Gasteiger partial charge in [0.05, 0.1) is 6.54 Å². The van der Waals surface area contributed by atoms with E-state index in [0.717, 1.165) is 55.7 Å². The molecule has 0 atom stereocenters. The highest BCUT2D eigenvalue weighted by Gasteiger charge is 2.21. The van der Waals surface area contributed by atoms with Crippen LogP contribution in [-0.2, 0) is 11.3 Å². The number of piperidine rings is 1. The van der Waals surface area contributed by atoms with Crippen LogP contribution in [0, 0.1) is 5.92 Å². The van der Waals surface area contributed by atoms with Crippen LogP contribution in [0.15, 0.2) is 29.3 Å². The minimum absolute atomic E-state index is 0.229. The molecule has 0 aromatic heterocycles. The van der Waals surface area contributed by atoms with Crippen molar-refractivity contribution < 1.29 is 4.79 Å². The minimum atomic E-state index is 0.229. The molecule has 0 bridgehead atoms. The second-order valence-corrected chi connectivity index (χ2v) is 7.96. The van der Waals surface area contributed by atoms with Gasteiger partial charge in [0.1, 0.15) is 0 Å². The van der Waals surface area contributed by atoms with Gasteiger partial charge < -0.3 is 20.4 Å². The summed E-state index contributed by atoms with van der Waals surface area (Å²) in [6, 6.07) is 8.21. The average Bonchev–Trinajstić information content (AvgIpc) is 3.14. The molecule has 2 N–H and O–H groups in total. The van der Waals surface area contributed by atoms with Gasteiger partial charge in [-0.25, -0.2) is 4.99 Å². The normalized spacial score (nSPS) is 19.3. The summed E-state index contributed by atoms with van der Waals surface area (Å²) in [4.78, 5) is 21.0. The maximum atomic E-state index is 11.9. The van der Waals surface area contributed by atoms with E-state index in [1.807, 2.05) is 17.0 Å². The summed E-state index contributed by atoms with van der Waals surface area (Å²) in [7, 11) is 0. The van der Waals surface area contributed by atoms with Gasteiger partial charge in [0.2, 0.25) is 5.91 Å². The van der Waals surface area contributed by atoms with E-state index in [0.29, 0.717) is 13.0 Å². The number of amides is 1. The zero-order valence-electron chi connectivity index (χ0n) is 17.4. The molecule has 1 aromatic rings. The molecule has 2 fully saturated rings. The largest absolute Gasteiger partial charge is 0.357 e. The molecule has 2 heterocycles. The number of guanidine groups is 1. The maximum absolute atomic E-state index is 11.9. The molecule has 2 aliphatic rings. The van der Waals surface area contributed by atoms with Gasteiger partial charge in [0, 0.05) is 38.3 Å². The van der Waals surface area contributed by atoms with Gasteiger partial charge in [-0.15, -0.1) is 0 Å². The molecule has 2 aliphatic heterocycles. The molecule has 0 saturated carbocycles. The zero-order valence-corrected chi connectivity index (χ0v) is 17.4. The lowest BCUT2D eigenvalue weighted by Gasteiger charge is -2.30. The molecule has 1 amide bonds. The Hall–Kier alpha value is -2.08. The Morgan fingerprint density at radius 3 is 2.54 bits per heavy atom. The Kier molecular flexibility index (Phi) is 7.71. The van der Waals surface area contributed by atoms with E-state index >= 15 is 0 Å². The molecular formula is C22H35N5O. The van der Waals surface area contributed by atoms with Crippen LogP contribution < -0.4 is 15.5 Å². The van der Waals surface area contributed by atoms with Crippen molar-refractivity contribution in [3.8, 4) is 0 Å². The van der Waals surface area contributed by atoms with Crippen molar-refractivity contribution in [1.29, 1.82) is 0 Å². The average molecular weight is 386 g/mol. The summed E-state index contributed by atoms with van der Waals surface area (Å²) in [6.45, 7) is 11.2. The number of benzene rings is 1. The fourth-order valence-electron chi connectivity index (χ4n) is 3.83. The van der Waals surface area contributed by atoms with E-state index < -0.39 is 0 Å². The Morgan fingerprint density at radius 1 is 1.14 bits per heavy atom. The van der Waals surface area contributed by atoms with Crippen LogP contribution in [0.4, 0.5) is 5.69 Å². The lowest BCUT2D eigenvalue weighted by molar-refractivity contribution is -0.117. The first-order chi connectivity index (χ1) is 13.7. The van der Waals surface area contributed by atoms with Crippen LogP contribution in [0.3, 0.4) is 0 Å². The number of hydrogen-bond donors (Lipinski definition) is 2. The number of nitrogens with one attached hydrogen (secondary N) is 2. The number of carbonyl (C=O) groups excluding carboxylic acids is 1. The molecule has 6 nitrogen and oxygen atoms in total. The fourth-order valence-corrected chi connectivity index (χ4v) is 3.83. The number of aliphatic imine (C=N–C) groups is 1. The van der Waals surface area contributed by atoms with Crippen LogP contribution in [0.2, 0.25) is 0 Å². The molecule has 1 aromatic carbocycles. The second-order valence-electron chi connectivity index (χ2n) is 7.96. The topological polar surface area (TPSA) is 60.0 Å². The molecule has 154 valence electrons. The number of nitrogens with zero attached hydrogens (tertiary/aromatic N) is 3. The predicted octanol–water partition coefficient (Wildman–Crippen LogP) is 2.60. The van der Waals surface area contributed by atoms with Crippen LogP contribution >= 0.6 is 0 Å². The monoisotopic (exact) mass is 385 g/mol. The predicted molar refractivity (Wildman–Crippen MR) is 116 cm³/mol. The highest BCUT2D eigenvalue weighted by atomic mass is 16.2. The summed E-state index contributed by atoms with van der Waals surface area (Å²) in [5, 5.41) is 6.78. The number of anilines is 1. The molecular weight excluding hydrogens is 350 g/mol. The van der Waals surface area contributed by atoms with E-state index in [-0.39, 0.29) is 5.91 Å². The van der Waals surface area contributed by atoms with Crippen molar-refractivity contribution in [3.05, 3.63) is 29.8 Å². The van der Waals surface area contributed by atoms with Crippen molar-refractivity contribution >= 4 is 17.6 Å². The Morgan fingerprint density at radius 2 is 1.89 bits per heavy atom. The Labute approximate surface area is 169 Å². The second kappa shape index (κ2) is 10.5. The van der Waals surface area contributed by atoms with Crippen LogP contribution in [0.25, 0.3) is 0 Å². The quantitative estimate of drug-likeness (QED) is 0.560. The highest BCUT2D eigenvalue weighted by Crippen LogP contribution is 2.21. The van der Waals surface area contributed by atoms with Crippen molar-refractivity contribution in [2.24, 2.45) is 10.9 Å². The molecule has 0 radical (unpaired) electrons. The highest BCUT2D eigenvalue weighted by molar-refractivity contribution is 5.95. The summed E-state index contributed by atoms with van der Waals surface area (Å²) >= 11 is 0. The van der Waals surface area contributed by atoms with E-state index in [9.17, 15) is 4.79 Å². The van der Waals surface area contributed by atoms with Crippen molar-refractivity contribution in [2.75, 3.05) is 44.2 Å². The molecule has 28 heavy (non-hydrogen) atoms. The van der Waals surface area contributed by atoms with Crippen LogP contribution in [0.5, 0.6) is 0 Å². The lowest BCUT2D eigenvalue weighted by Crippen LogP contribution is -2.43. The standard InChI is InChI=1S/C22H35N5O/c1-3-23-22(24-12-16-26-14-10-18(2)11-15-26)25-17-19-6-8-20(9-7-19)27-13-4-5-21(27)28/h6-9,18H,3-5,10-17H2,1-2H3,(H2,23,24,25). The molecule has 2 saturated heterocycles. The summed E-state index contributed by atoms with van der Waals surface area (Å²) < 4.78 is 0. The first-order valence-corrected chi connectivity index (χ1v) is 10.8. The maximum Gasteiger partial charge on any atom is 0.227 e. The Balaban J connectivity index is 1.47. The molecule has 6 heteroatoms. The van der Waals surface area contributed by atoms with E-state index in [1.54, 1.807) is 0 Å². The third kappa shape index (κ3) is 5.96. The van der Waals surface area contributed by atoms with Crippen molar-refractivity contribution in [2.45, 2.75) is 46.1 Å². The zero-order chi connectivity index (χ0) is 19.8.